The second-order valence-electron chi connectivity index (χ2n) is 7.27. The number of ether oxygens (including phenoxy) is 2. The van der Waals surface area contributed by atoms with E-state index < -0.39 is 22.3 Å². The largest absolute Gasteiger partial charge is 0.464 e. The van der Waals surface area contributed by atoms with Crippen LogP contribution >= 0.6 is 11.6 Å². The third-order valence-corrected chi connectivity index (χ3v) is 3.93. The zero-order valence-corrected chi connectivity index (χ0v) is 18.4. The van der Waals surface area contributed by atoms with Gasteiger partial charge in [-0.05, 0) is 40.7 Å². The van der Waals surface area contributed by atoms with Crippen LogP contribution in [0.15, 0.2) is 12.1 Å². The Morgan fingerprint density at radius 3 is 2.55 bits per heavy atom. The highest BCUT2D eigenvalue weighted by molar-refractivity contribution is 6.29. The Balaban J connectivity index is 2.70. The van der Waals surface area contributed by atoms with E-state index in [1.165, 1.54) is 19.1 Å². The van der Waals surface area contributed by atoms with Crippen molar-refractivity contribution in [3.8, 4) is 12.1 Å². The summed E-state index contributed by atoms with van der Waals surface area (Å²) in [4.78, 5) is 37.1. The average Bonchev–Trinajstić information content (AvgIpc) is 2.64. The van der Waals surface area contributed by atoms with Gasteiger partial charge in [-0.15, -0.1) is 0 Å². The first-order valence-electron chi connectivity index (χ1n) is 9.18. The number of aryl methyl sites for hydroxylation is 1. The molecule has 31 heavy (non-hydrogen) atoms. The summed E-state index contributed by atoms with van der Waals surface area (Å²) >= 11 is 5.85. The van der Waals surface area contributed by atoms with Crippen molar-refractivity contribution in [2.45, 2.75) is 46.8 Å². The van der Waals surface area contributed by atoms with E-state index in [0.29, 0.717) is 5.56 Å². The van der Waals surface area contributed by atoms with Crippen LogP contribution in [0.3, 0.4) is 0 Å². The quantitative estimate of drug-likeness (QED) is 0.364. The lowest BCUT2D eigenvalue weighted by atomic mass is 10.2. The molecule has 0 saturated carbocycles. The molecule has 0 radical (unpaired) electrons. The molecule has 164 valence electrons. The van der Waals surface area contributed by atoms with Gasteiger partial charge in [-0.1, -0.05) is 17.7 Å². The van der Waals surface area contributed by atoms with Crippen molar-refractivity contribution < 1.29 is 19.2 Å². The summed E-state index contributed by atoms with van der Waals surface area (Å²) in [5, 5.41) is 21.3. The number of pyridine rings is 1. The molecule has 0 N–H and O–H groups in total. The maximum atomic E-state index is 13.0. The molecule has 2 aromatic heterocycles. The van der Waals surface area contributed by atoms with E-state index in [9.17, 15) is 20.2 Å². The summed E-state index contributed by atoms with van der Waals surface area (Å²) in [5.74, 6) is -0.325. The van der Waals surface area contributed by atoms with Gasteiger partial charge in [0.2, 0.25) is 5.82 Å². The van der Waals surface area contributed by atoms with Crippen molar-refractivity contribution in [1.82, 2.24) is 15.0 Å². The van der Waals surface area contributed by atoms with Gasteiger partial charge in [0.05, 0.1) is 18.1 Å². The fourth-order valence-electron chi connectivity index (χ4n) is 2.52. The molecule has 0 spiro atoms. The predicted molar refractivity (Wildman–Crippen MR) is 111 cm³/mol. The topological polar surface area (TPSA) is 144 Å². The van der Waals surface area contributed by atoms with E-state index in [0.717, 1.165) is 4.90 Å². The van der Waals surface area contributed by atoms with Crippen molar-refractivity contribution in [2.24, 2.45) is 0 Å². The fraction of sp³-hybridized carbons (Fsp3) is 0.421. The molecule has 0 aromatic carbocycles. The maximum absolute atomic E-state index is 13.0. The Hall–Kier alpha value is -3.52. The van der Waals surface area contributed by atoms with Gasteiger partial charge in [0, 0.05) is 5.56 Å². The van der Waals surface area contributed by atoms with Crippen LogP contribution in [0.4, 0.5) is 16.3 Å². The molecule has 2 aromatic rings. The van der Waals surface area contributed by atoms with E-state index in [1.807, 2.05) is 6.07 Å². The van der Waals surface area contributed by atoms with Gasteiger partial charge in [0.1, 0.15) is 28.2 Å². The number of hydrogen-bond donors (Lipinski definition) is 0. The van der Waals surface area contributed by atoms with Crippen LogP contribution < -0.4 is 9.64 Å². The van der Waals surface area contributed by atoms with Gasteiger partial charge >= 0.3 is 17.8 Å². The number of hydrogen-bond acceptors (Lipinski definition) is 9. The van der Waals surface area contributed by atoms with Gasteiger partial charge < -0.3 is 9.47 Å². The Morgan fingerprint density at radius 2 is 2.00 bits per heavy atom. The number of nitro groups is 1. The van der Waals surface area contributed by atoms with E-state index in [4.69, 9.17) is 21.1 Å². The minimum absolute atomic E-state index is 0.00162. The summed E-state index contributed by atoms with van der Waals surface area (Å²) in [6, 6.07) is 4.70. The van der Waals surface area contributed by atoms with Crippen molar-refractivity contribution in [3.05, 3.63) is 44.4 Å². The Bertz CT molecular complexity index is 1050. The number of carbonyl (C=O) groups is 1. The smallest absolute Gasteiger partial charge is 0.416 e. The van der Waals surface area contributed by atoms with Gasteiger partial charge in [0.25, 0.3) is 0 Å². The monoisotopic (exact) mass is 448 g/mol. The highest BCUT2D eigenvalue weighted by atomic mass is 35.5. The summed E-state index contributed by atoms with van der Waals surface area (Å²) < 4.78 is 10.7. The fourth-order valence-corrected chi connectivity index (χ4v) is 2.67. The first-order chi connectivity index (χ1) is 14.5. The standard InChI is InChI=1S/C19H21ClN6O5/c1-6-30-17-22-11(2)15(26(28)29)16(24-17)25(18(27)31-19(3,4)5)10-12-7-8-14(20)23-13(12)9-21/h7-8H,6,10H2,1-5H3. The van der Waals surface area contributed by atoms with E-state index in [1.54, 1.807) is 27.7 Å². The molecule has 2 heterocycles. The van der Waals surface area contributed by atoms with E-state index >= 15 is 0 Å². The average molecular weight is 449 g/mol. The molecule has 0 bridgehead atoms. The first kappa shape index (κ1) is 23.8. The number of anilines is 1. The molecule has 0 atom stereocenters. The van der Waals surface area contributed by atoms with E-state index in [-0.39, 0.29) is 41.5 Å². The summed E-state index contributed by atoms with van der Waals surface area (Å²) in [6.07, 6.45) is -0.907. The number of nitriles is 1. The summed E-state index contributed by atoms with van der Waals surface area (Å²) in [5.41, 5.74) is -1.14. The minimum Gasteiger partial charge on any atom is -0.464 e. The van der Waals surface area contributed by atoms with Gasteiger partial charge in [-0.2, -0.15) is 15.2 Å². The number of halogens is 1. The maximum Gasteiger partial charge on any atom is 0.416 e. The molecule has 1 amide bonds. The predicted octanol–water partition coefficient (Wildman–Crippen LogP) is 3.95. The molecular weight excluding hydrogens is 428 g/mol. The summed E-state index contributed by atoms with van der Waals surface area (Å²) in [6.45, 7) is 7.98. The van der Waals surface area contributed by atoms with Crippen LogP contribution in [0.25, 0.3) is 0 Å². The highest BCUT2D eigenvalue weighted by Crippen LogP contribution is 2.33. The summed E-state index contributed by atoms with van der Waals surface area (Å²) in [7, 11) is 0. The normalized spacial score (nSPS) is 10.9. The molecule has 11 nitrogen and oxygen atoms in total. The third-order valence-electron chi connectivity index (χ3n) is 3.72. The molecule has 0 saturated heterocycles. The zero-order chi connectivity index (χ0) is 23.3. The lowest BCUT2D eigenvalue weighted by Crippen LogP contribution is -2.37. The van der Waals surface area contributed by atoms with Gasteiger partial charge in [-0.3, -0.25) is 15.0 Å². The van der Waals surface area contributed by atoms with Crippen LogP contribution in [0.5, 0.6) is 6.01 Å². The highest BCUT2D eigenvalue weighted by Gasteiger charge is 2.34. The molecule has 0 unspecified atom stereocenters. The molecule has 0 aliphatic heterocycles. The molecule has 2 rings (SSSR count). The van der Waals surface area contributed by atoms with Crippen molar-refractivity contribution >= 4 is 29.2 Å². The van der Waals surface area contributed by atoms with Crippen molar-refractivity contribution in [1.29, 1.82) is 5.26 Å². The van der Waals surface area contributed by atoms with Crippen LogP contribution in [0, 0.1) is 28.4 Å². The molecular formula is C19H21ClN6O5. The number of aromatic nitrogens is 3. The minimum atomic E-state index is -0.907. The van der Waals surface area contributed by atoms with Gasteiger partial charge in [-0.25, -0.2) is 9.78 Å². The number of nitrogens with zero attached hydrogens (tertiary/aromatic N) is 6. The lowest BCUT2D eigenvalue weighted by Gasteiger charge is -2.27. The molecule has 0 aliphatic carbocycles. The molecule has 0 aliphatic rings. The van der Waals surface area contributed by atoms with Crippen LogP contribution in [0.2, 0.25) is 5.15 Å². The lowest BCUT2D eigenvalue weighted by molar-refractivity contribution is -0.385. The Labute approximate surface area is 183 Å². The third kappa shape index (κ3) is 5.99. The number of carbonyl (C=O) groups excluding carboxylic acids is 1. The molecule has 0 fully saturated rings. The van der Waals surface area contributed by atoms with Crippen molar-refractivity contribution in [3.63, 3.8) is 0 Å². The van der Waals surface area contributed by atoms with E-state index in [2.05, 4.69) is 15.0 Å². The first-order valence-corrected chi connectivity index (χ1v) is 9.56. The second kappa shape index (κ2) is 9.53. The second-order valence-corrected chi connectivity index (χ2v) is 7.66. The van der Waals surface area contributed by atoms with Crippen LogP contribution in [-0.2, 0) is 11.3 Å². The van der Waals surface area contributed by atoms with Gasteiger partial charge in [0.15, 0.2) is 0 Å². The van der Waals surface area contributed by atoms with Crippen molar-refractivity contribution in [2.75, 3.05) is 11.5 Å². The zero-order valence-electron chi connectivity index (χ0n) is 17.7. The van der Waals surface area contributed by atoms with Crippen LogP contribution in [0.1, 0.15) is 44.6 Å². The Kier molecular flexibility index (Phi) is 7.30. The SMILES string of the molecule is CCOc1nc(C)c([N+](=O)[O-])c(N(Cc2ccc(Cl)nc2C#N)C(=O)OC(C)(C)C)n1. The van der Waals surface area contributed by atoms with Crippen LogP contribution in [-0.4, -0.2) is 38.2 Å². The number of rotatable bonds is 6. The number of amides is 1. The Morgan fingerprint density at radius 1 is 1.32 bits per heavy atom. The molecule has 12 heteroatoms.